The molecule has 3 N–H and O–H groups in total. The highest BCUT2D eigenvalue weighted by Gasteiger charge is 2.57. The first-order chi connectivity index (χ1) is 24.4. The average Bonchev–Trinajstić information content (AvgIpc) is 3.38. The fraction of sp³-hybridized carbons (Fsp3) is 0.268. The molecule has 0 aromatic heterocycles. The molecular weight excluding hydrogens is 627 g/mol. The lowest BCUT2D eigenvalue weighted by Crippen LogP contribution is -2.46. The number of phenolic OH excluding ortho intramolecular Hbond substituents is 1. The third kappa shape index (κ3) is 7.11. The zero-order valence-electron chi connectivity index (χ0n) is 28.1. The van der Waals surface area contributed by atoms with Crippen LogP contribution in [0.3, 0.4) is 0 Å². The number of benzene rings is 4. The minimum atomic E-state index is -1.07. The molecule has 2 amide bonds. The van der Waals surface area contributed by atoms with Gasteiger partial charge in [0.25, 0.3) is 0 Å². The van der Waals surface area contributed by atoms with E-state index in [4.69, 9.17) is 9.39 Å². The molecule has 50 heavy (non-hydrogen) atoms. The Labute approximate surface area is 293 Å². The van der Waals surface area contributed by atoms with E-state index >= 15 is 0 Å². The fourth-order valence-electron chi connectivity index (χ4n) is 7.74. The molecule has 0 saturated carbocycles. The number of hydrogen-bond donors (Lipinski definition) is 3. The predicted molar refractivity (Wildman–Crippen MR) is 196 cm³/mol. The highest BCUT2D eigenvalue weighted by atomic mass is 16.5. The third-order valence-electron chi connectivity index (χ3n) is 10.1. The van der Waals surface area contributed by atoms with Gasteiger partial charge in [-0.3, -0.25) is 14.5 Å². The van der Waals surface area contributed by atoms with Gasteiger partial charge >= 0.3 is 7.12 Å². The van der Waals surface area contributed by atoms with Crippen molar-refractivity contribution in [3.05, 3.63) is 131 Å². The van der Waals surface area contributed by atoms with Crippen LogP contribution in [-0.4, -0.2) is 41.8 Å². The molecule has 4 aromatic carbocycles. The number of phenols is 1. The van der Waals surface area contributed by atoms with Gasteiger partial charge in [0.05, 0.1) is 23.6 Å². The van der Waals surface area contributed by atoms with Gasteiger partial charge in [0.15, 0.2) is 0 Å². The number of allylic oxidation sites excluding steroid dienone is 1. The van der Waals surface area contributed by atoms with E-state index in [0.29, 0.717) is 24.9 Å². The van der Waals surface area contributed by atoms with Gasteiger partial charge in [0, 0.05) is 11.4 Å². The van der Waals surface area contributed by atoms with E-state index < -0.39 is 25.1 Å². The van der Waals surface area contributed by atoms with E-state index in [1.54, 1.807) is 24.3 Å². The van der Waals surface area contributed by atoms with Crippen LogP contribution in [0.4, 0.5) is 17.1 Å². The van der Waals surface area contributed by atoms with Crippen molar-refractivity contribution in [2.24, 2.45) is 17.8 Å². The standard InChI is InChI=1S/C41H41BN2O6/c1-2-27(22-28-10-9-13-33(45)23-28)16-21-37-38-29(26-49-34-14-7-4-8-15-34)24-35-39(36(38)25-42(48)50-37)41(47)44(40(35)46)32-19-17-31(18-20-32)43-30-11-5-3-6-12-30/h3-15,17-20,22-23,35-37,39,43,45,48H,2,16,21,24-26H2,1H3/b27-22+/t35-,36+,37-,39-/m1/s1. The van der Waals surface area contributed by atoms with E-state index in [0.717, 1.165) is 40.3 Å². The zero-order valence-corrected chi connectivity index (χ0v) is 28.1. The lowest BCUT2D eigenvalue weighted by Gasteiger charge is -2.43. The fourth-order valence-corrected chi connectivity index (χ4v) is 7.74. The summed E-state index contributed by atoms with van der Waals surface area (Å²) >= 11 is 0. The van der Waals surface area contributed by atoms with Gasteiger partial charge in [-0.1, -0.05) is 67.1 Å². The average molecular weight is 669 g/mol. The number of ether oxygens (including phenoxy) is 1. The van der Waals surface area contributed by atoms with Crippen LogP contribution in [0, 0.1) is 17.8 Å². The van der Waals surface area contributed by atoms with Gasteiger partial charge in [-0.05, 0) is 115 Å². The van der Waals surface area contributed by atoms with Crippen LogP contribution >= 0.6 is 0 Å². The summed E-state index contributed by atoms with van der Waals surface area (Å²) in [5.41, 5.74) is 6.35. The monoisotopic (exact) mass is 668 g/mol. The molecule has 2 saturated heterocycles. The van der Waals surface area contributed by atoms with Crippen LogP contribution in [0.1, 0.15) is 38.2 Å². The van der Waals surface area contributed by atoms with Crippen LogP contribution in [0.15, 0.2) is 126 Å². The molecule has 7 rings (SSSR count). The largest absolute Gasteiger partial charge is 0.508 e. The Kier molecular flexibility index (Phi) is 9.87. The zero-order chi connectivity index (χ0) is 34.6. The molecule has 2 aliphatic heterocycles. The lowest BCUT2D eigenvalue weighted by atomic mass is 9.58. The van der Waals surface area contributed by atoms with E-state index in [1.807, 2.05) is 84.9 Å². The first kappa shape index (κ1) is 33.4. The summed E-state index contributed by atoms with van der Waals surface area (Å²) in [5.74, 6) is -1.05. The molecule has 4 atom stereocenters. The van der Waals surface area contributed by atoms with Gasteiger partial charge in [-0.2, -0.15) is 0 Å². The Balaban J connectivity index is 1.17. The third-order valence-corrected chi connectivity index (χ3v) is 10.1. The summed E-state index contributed by atoms with van der Waals surface area (Å²) in [5, 5.41) is 24.4. The van der Waals surface area contributed by atoms with Gasteiger partial charge in [0.1, 0.15) is 18.1 Å². The molecule has 0 radical (unpaired) electrons. The number of rotatable bonds is 11. The van der Waals surface area contributed by atoms with Crippen LogP contribution in [0.5, 0.6) is 11.5 Å². The maximum atomic E-state index is 14.3. The predicted octanol–water partition coefficient (Wildman–Crippen LogP) is 7.79. The van der Waals surface area contributed by atoms with Crippen molar-refractivity contribution in [1.29, 1.82) is 0 Å². The van der Waals surface area contributed by atoms with Crippen molar-refractivity contribution < 1.29 is 29.1 Å². The smallest absolute Gasteiger partial charge is 0.455 e. The number of anilines is 3. The Hall–Kier alpha value is -5.12. The molecule has 2 fully saturated rings. The van der Waals surface area contributed by atoms with E-state index in [9.17, 15) is 19.7 Å². The van der Waals surface area contributed by atoms with E-state index in [-0.39, 0.29) is 36.4 Å². The van der Waals surface area contributed by atoms with Crippen LogP contribution in [0.25, 0.3) is 6.08 Å². The van der Waals surface area contributed by atoms with Gasteiger partial charge in [0.2, 0.25) is 11.8 Å². The molecule has 1 aliphatic carbocycles. The van der Waals surface area contributed by atoms with Crippen LogP contribution < -0.4 is 15.0 Å². The summed E-state index contributed by atoms with van der Waals surface area (Å²) in [6.07, 6.45) is 4.35. The van der Waals surface area contributed by atoms with Gasteiger partial charge in [-0.15, -0.1) is 0 Å². The number of nitrogens with one attached hydrogen (secondary N) is 1. The SMILES string of the molecule is CC/C(=C\c1cccc(O)c1)CC[C@H]1OB(O)C[C@H]2C1=C(COc1ccccc1)C[C@H]1C(=O)N(c3ccc(Nc4ccccc4)cc3)C(=O)[C@H]12. The normalized spacial score (nSPS) is 22.0. The number of fused-ring (bicyclic) bond motifs is 3. The lowest BCUT2D eigenvalue weighted by molar-refractivity contribution is -0.122. The van der Waals surface area contributed by atoms with Crippen molar-refractivity contribution in [2.75, 3.05) is 16.8 Å². The number of aromatic hydroxyl groups is 1. The Morgan fingerprint density at radius 3 is 2.36 bits per heavy atom. The Bertz CT molecular complexity index is 1900. The highest BCUT2D eigenvalue weighted by Crippen LogP contribution is 2.51. The second-order valence-corrected chi connectivity index (χ2v) is 13.3. The molecule has 2 heterocycles. The molecule has 254 valence electrons. The van der Waals surface area contributed by atoms with Crippen molar-refractivity contribution >= 4 is 42.1 Å². The minimum absolute atomic E-state index is 0.213. The number of carbonyl (C=O) groups excluding carboxylic acids is 2. The van der Waals surface area contributed by atoms with E-state index in [1.165, 1.54) is 10.5 Å². The number of amides is 2. The molecular formula is C41H41BN2O6. The first-order valence-corrected chi connectivity index (χ1v) is 17.4. The summed E-state index contributed by atoms with van der Waals surface area (Å²) in [7, 11) is -1.07. The Morgan fingerprint density at radius 1 is 0.920 bits per heavy atom. The van der Waals surface area contributed by atoms with Crippen molar-refractivity contribution in [3.63, 3.8) is 0 Å². The summed E-state index contributed by atoms with van der Waals surface area (Å²) < 4.78 is 12.5. The Morgan fingerprint density at radius 2 is 1.64 bits per heavy atom. The summed E-state index contributed by atoms with van der Waals surface area (Å²) in [6, 6.07) is 33.9. The van der Waals surface area contributed by atoms with Crippen LogP contribution in [-0.2, 0) is 14.2 Å². The van der Waals surface area contributed by atoms with E-state index in [2.05, 4.69) is 18.3 Å². The molecule has 9 heteroatoms. The van der Waals surface area contributed by atoms with Gasteiger partial charge in [-0.25, -0.2) is 0 Å². The summed E-state index contributed by atoms with van der Waals surface area (Å²) in [6.45, 7) is 2.36. The van der Waals surface area contributed by atoms with Crippen LogP contribution in [0.2, 0.25) is 6.32 Å². The second-order valence-electron chi connectivity index (χ2n) is 13.3. The van der Waals surface area contributed by atoms with Crippen molar-refractivity contribution in [3.8, 4) is 11.5 Å². The maximum absolute atomic E-state index is 14.3. The maximum Gasteiger partial charge on any atom is 0.455 e. The molecule has 0 unspecified atom stereocenters. The molecule has 0 spiro atoms. The number of hydrogen-bond acceptors (Lipinski definition) is 7. The molecule has 3 aliphatic rings. The number of nitrogens with zero attached hydrogens (tertiary/aromatic N) is 1. The number of carbonyl (C=O) groups is 2. The minimum Gasteiger partial charge on any atom is -0.508 e. The van der Waals surface area contributed by atoms with Crippen molar-refractivity contribution in [1.82, 2.24) is 0 Å². The number of imide groups is 1. The summed E-state index contributed by atoms with van der Waals surface area (Å²) in [4.78, 5) is 29.8. The van der Waals surface area contributed by atoms with Gasteiger partial charge < -0.3 is 24.8 Å². The topological polar surface area (TPSA) is 108 Å². The van der Waals surface area contributed by atoms with Crippen molar-refractivity contribution in [2.45, 2.75) is 45.0 Å². The second kappa shape index (κ2) is 14.8. The number of para-hydroxylation sites is 2. The first-order valence-electron chi connectivity index (χ1n) is 17.4. The highest BCUT2D eigenvalue weighted by molar-refractivity contribution is 6.43. The quantitative estimate of drug-likeness (QED) is 0.0851. The molecule has 4 aromatic rings. The molecule has 8 nitrogen and oxygen atoms in total. The molecule has 0 bridgehead atoms.